The van der Waals surface area contributed by atoms with Crippen LogP contribution >= 0.6 is 0 Å². The summed E-state index contributed by atoms with van der Waals surface area (Å²) in [5.41, 5.74) is 0. The first kappa shape index (κ1) is 100. The Morgan fingerprint density at radius 3 is 0.673 bits per heavy atom. The number of carboxylic acids is 2. The van der Waals surface area contributed by atoms with Gasteiger partial charge in [-0.1, -0.05) is 141 Å². The van der Waals surface area contributed by atoms with Crippen molar-refractivity contribution in [1.29, 1.82) is 0 Å². The molecule has 260 valence electrons. The van der Waals surface area contributed by atoms with Gasteiger partial charge in [0.05, 0.1) is 0 Å². The second-order valence-corrected chi connectivity index (χ2v) is 11.5. The topological polar surface area (TPSA) is 74.6 Å². The molecule has 0 saturated carbocycles. The molecule has 0 atom stereocenters. The molecule has 0 aliphatic heterocycles. The van der Waals surface area contributed by atoms with Gasteiger partial charge >= 0.3 is 367 Å². The Kier molecular flexibility index (Phi) is 185. The number of hydrogen-bond donors (Lipinski definition) is 2. The molecular weight excluding hydrogens is 772 g/mol. The number of hydrogen-bond acceptors (Lipinski definition) is 2. The molecule has 0 spiro atoms. The third kappa shape index (κ3) is 108. The summed E-state index contributed by atoms with van der Waals surface area (Å²) in [6, 6.07) is 0. The first-order valence-electron chi connectivity index (χ1n) is 17.3. The minimum atomic E-state index is -0.664. The van der Waals surface area contributed by atoms with E-state index in [0.29, 0.717) is 12.8 Å². The van der Waals surface area contributed by atoms with Crippen molar-refractivity contribution < 1.29 is 19.8 Å². The fourth-order valence-corrected chi connectivity index (χ4v) is 4.69. The SMILES string of the molecule is CCCCCCCC/C=C\CCCCCCCC(=O)O.CCCCCCCC/C=C\CCCCCCCC(=O)O.[NaH].[NaH].[NaH].[NaH].[NaH].[NaH].[NaH].[NaH].[NaH].[NaH].[NaH].[NaH]. The predicted molar refractivity (Wildman–Crippen MR) is 260 cm³/mol. The average Bonchev–Trinajstić information content (AvgIpc) is 2.93. The van der Waals surface area contributed by atoms with Crippen molar-refractivity contribution in [2.75, 3.05) is 0 Å². The fourth-order valence-electron chi connectivity index (χ4n) is 4.69. The number of aliphatic carboxylic acids is 2. The van der Waals surface area contributed by atoms with Crippen molar-refractivity contribution in [2.24, 2.45) is 0 Å². The van der Waals surface area contributed by atoms with Gasteiger partial charge in [0.25, 0.3) is 0 Å². The van der Waals surface area contributed by atoms with Crippen LogP contribution in [-0.4, -0.2) is 377 Å². The van der Waals surface area contributed by atoms with Gasteiger partial charge in [-0.2, -0.15) is 0 Å². The summed E-state index contributed by atoms with van der Waals surface area (Å²) in [6.45, 7) is 4.52. The van der Waals surface area contributed by atoms with Crippen LogP contribution in [0.25, 0.3) is 0 Å². The number of rotatable bonds is 30. The van der Waals surface area contributed by atoms with Crippen LogP contribution in [0.2, 0.25) is 0 Å². The van der Waals surface area contributed by atoms with E-state index in [4.69, 9.17) is 10.2 Å². The first-order valence-corrected chi connectivity index (χ1v) is 17.3. The third-order valence-electron chi connectivity index (χ3n) is 7.30. The molecule has 0 aliphatic carbocycles. The summed E-state index contributed by atoms with van der Waals surface area (Å²) >= 11 is 0. The third-order valence-corrected chi connectivity index (χ3v) is 7.30. The van der Waals surface area contributed by atoms with Crippen LogP contribution in [0.1, 0.15) is 194 Å². The average molecular weight is 853 g/mol. The quantitative estimate of drug-likeness (QED) is 0.0638. The molecule has 0 aliphatic rings. The number of carboxylic acid groups (broad SMARTS) is 2. The standard InChI is InChI=1S/2C18H34O2.12Na.12H/c2*1-2-3-4-5-6-7-8-9-10-11-12-13-14-15-16-17-18(19)20;;;;;;;;;;;;;;;;;;;;;;;;/h2*9-10H,2-8,11-17H2,1H3,(H,19,20);;;;;;;;;;;;;;;;;;;;;;;;/b2*10-9-;;;;;;;;;;;;;;;;;;;;;;;;. The molecule has 0 radical (unpaired) electrons. The molecule has 52 heavy (non-hydrogen) atoms. The Bertz CT molecular complexity index is 558. The summed E-state index contributed by atoms with van der Waals surface area (Å²) in [5.74, 6) is -1.33. The number of carbonyl (C=O) groups is 2. The first-order chi connectivity index (χ1) is 19.5. The Morgan fingerprint density at radius 2 is 0.481 bits per heavy atom. The van der Waals surface area contributed by atoms with Gasteiger partial charge < -0.3 is 10.2 Å². The fraction of sp³-hybridized carbons (Fsp3) is 0.833. The van der Waals surface area contributed by atoms with E-state index in [0.717, 1.165) is 25.7 Å². The molecule has 0 amide bonds. The summed E-state index contributed by atoms with van der Waals surface area (Å²) in [6.07, 6.45) is 42.5. The second-order valence-electron chi connectivity index (χ2n) is 11.5. The van der Waals surface area contributed by atoms with Gasteiger partial charge in [-0.25, -0.2) is 0 Å². The van der Waals surface area contributed by atoms with Crippen LogP contribution < -0.4 is 0 Å². The number of unbranched alkanes of at least 4 members (excludes halogenated alkanes) is 22. The van der Waals surface area contributed by atoms with E-state index >= 15 is 0 Å². The summed E-state index contributed by atoms with van der Waals surface area (Å²) in [7, 11) is 0. The zero-order valence-corrected chi connectivity index (χ0v) is 26.8. The van der Waals surface area contributed by atoms with Crippen molar-refractivity contribution in [3.63, 3.8) is 0 Å². The van der Waals surface area contributed by atoms with Gasteiger partial charge in [0.15, 0.2) is 0 Å². The van der Waals surface area contributed by atoms with E-state index in [1.807, 2.05) is 0 Å². The maximum atomic E-state index is 10.3. The Hall–Kier alpha value is 10.4. The van der Waals surface area contributed by atoms with Gasteiger partial charge in [0.2, 0.25) is 0 Å². The van der Waals surface area contributed by atoms with E-state index in [9.17, 15) is 9.59 Å². The van der Waals surface area contributed by atoms with Crippen LogP contribution in [0.4, 0.5) is 0 Å². The molecule has 0 heterocycles. The molecule has 0 unspecified atom stereocenters. The molecule has 0 fully saturated rings. The summed E-state index contributed by atoms with van der Waals surface area (Å²) < 4.78 is 0. The second kappa shape index (κ2) is 95.6. The van der Waals surface area contributed by atoms with Gasteiger partial charge in [-0.15, -0.1) is 0 Å². The molecule has 16 heteroatoms. The monoisotopic (exact) mass is 852 g/mol. The molecule has 0 bridgehead atoms. The normalized spacial score (nSPS) is 8.65. The Morgan fingerprint density at radius 1 is 0.308 bits per heavy atom. The summed E-state index contributed by atoms with van der Waals surface area (Å²) in [5, 5.41) is 17.0. The van der Waals surface area contributed by atoms with E-state index in [-0.39, 0.29) is 355 Å². The zero-order chi connectivity index (χ0) is 29.8. The van der Waals surface area contributed by atoms with Gasteiger partial charge in [-0.3, -0.25) is 9.59 Å². The molecule has 0 aromatic rings. The number of allylic oxidation sites excluding steroid dienone is 4. The van der Waals surface area contributed by atoms with Gasteiger partial charge in [-0.05, 0) is 64.2 Å². The molecule has 2 N–H and O–H groups in total. The molecule has 0 aromatic heterocycles. The Labute approximate surface area is 590 Å². The van der Waals surface area contributed by atoms with E-state index in [2.05, 4.69) is 38.2 Å². The minimum absolute atomic E-state index is 0. The van der Waals surface area contributed by atoms with Crippen LogP contribution in [0, 0.1) is 0 Å². The van der Waals surface area contributed by atoms with Gasteiger partial charge in [0, 0.05) is 12.8 Å². The van der Waals surface area contributed by atoms with Crippen LogP contribution in [0.15, 0.2) is 24.3 Å². The van der Waals surface area contributed by atoms with Gasteiger partial charge in [0.1, 0.15) is 0 Å². The molecule has 0 aromatic carbocycles. The maximum absolute atomic E-state index is 10.3. The van der Waals surface area contributed by atoms with Crippen molar-refractivity contribution >= 4 is 367 Å². The van der Waals surface area contributed by atoms with Crippen LogP contribution in [-0.2, 0) is 9.59 Å². The van der Waals surface area contributed by atoms with E-state index in [1.165, 1.54) is 141 Å². The molecular formula is C36H80Na12O4. The Balaban J connectivity index is -0.0000000376. The van der Waals surface area contributed by atoms with Crippen LogP contribution in [0.5, 0.6) is 0 Å². The van der Waals surface area contributed by atoms with Crippen LogP contribution in [0.3, 0.4) is 0 Å². The van der Waals surface area contributed by atoms with Crippen molar-refractivity contribution in [3.05, 3.63) is 24.3 Å². The van der Waals surface area contributed by atoms with Crippen molar-refractivity contribution in [2.45, 2.75) is 194 Å². The van der Waals surface area contributed by atoms with E-state index < -0.39 is 11.9 Å². The molecule has 0 rings (SSSR count). The van der Waals surface area contributed by atoms with Crippen molar-refractivity contribution in [3.8, 4) is 0 Å². The summed E-state index contributed by atoms with van der Waals surface area (Å²) in [4.78, 5) is 20.6. The molecule has 4 nitrogen and oxygen atoms in total. The van der Waals surface area contributed by atoms with Crippen molar-refractivity contribution in [1.82, 2.24) is 0 Å². The zero-order valence-electron chi connectivity index (χ0n) is 26.8. The predicted octanol–water partition coefficient (Wildman–Crippen LogP) is 4.44. The molecule has 0 saturated heterocycles. The van der Waals surface area contributed by atoms with E-state index in [1.54, 1.807) is 0 Å².